The summed E-state index contributed by atoms with van der Waals surface area (Å²) >= 11 is 0. The summed E-state index contributed by atoms with van der Waals surface area (Å²) in [6.45, 7) is 1.96. The quantitative estimate of drug-likeness (QED) is 0.411. The van der Waals surface area contributed by atoms with Gasteiger partial charge < -0.3 is 10.1 Å². The van der Waals surface area contributed by atoms with Crippen LogP contribution in [-0.2, 0) is 4.79 Å². The van der Waals surface area contributed by atoms with Gasteiger partial charge in [-0.3, -0.25) is 9.59 Å². The molecule has 0 aromatic heterocycles. The third-order valence-corrected chi connectivity index (χ3v) is 6.98. The number of nitrogens with one attached hydrogen (secondary N) is 1. The molecule has 0 spiro atoms. The lowest BCUT2D eigenvalue weighted by Gasteiger charge is -2.33. The summed E-state index contributed by atoms with van der Waals surface area (Å²) in [5.74, 6) is -0.441. The number of ketones is 2. The van der Waals surface area contributed by atoms with Crippen molar-refractivity contribution >= 4 is 23.2 Å². The molecule has 0 fully saturated rings. The molecule has 0 saturated carbocycles. The number of dihydropyridines is 1. The van der Waals surface area contributed by atoms with Crippen molar-refractivity contribution in [3.63, 3.8) is 0 Å². The van der Waals surface area contributed by atoms with Gasteiger partial charge in [0.15, 0.2) is 11.6 Å². The van der Waals surface area contributed by atoms with Gasteiger partial charge >= 0.3 is 5.97 Å². The minimum absolute atomic E-state index is 0.0482. The van der Waals surface area contributed by atoms with Gasteiger partial charge in [0, 0.05) is 40.3 Å². The predicted octanol–water partition coefficient (Wildman–Crippen LogP) is 5.52. The Balaban J connectivity index is 1.37. The van der Waals surface area contributed by atoms with Gasteiger partial charge in [-0.15, -0.1) is 0 Å². The van der Waals surface area contributed by atoms with Crippen molar-refractivity contribution < 1.29 is 19.1 Å². The van der Waals surface area contributed by atoms with Gasteiger partial charge in [-0.25, -0.2) is 4.79 Å². The number of aryl methyl sites for hydroxylation is 1. The Bertz CT molecular complexity index is 1460. The molecule has 35 heavy (non-hydrogen) atoms. The average Bonchev–Trinajstić information content (AvgIpc) is 3.16. The number of benzene rings is 3. The summed E-state index contributed by atoms with van der Waals surface area (Å²) < 4.78 is 5.56. The Kier molecular flexibility index (Phi) is 4.99. The highest BCUT2D eigenvalue weighted by atomic mass is 16.5. The maximum Gasteiger partial charge on any atom is 0.343 e. The molecule has 6 rings (SSSR count). The maximum atomic E-state index is 13.5. The molecule has 0 amide bonds. The predicted molar refractivity (Wildman–Crippen MR) is 132 cm³/mol. The van der Waals surface area contributed by atoms with Gasteiger partial charge in [0.2, 0.25) is 0 Å². The molecule has 3 aromatic rings. The lowest BCUT2D eigenvalue weighted by Crippen LogP contribution is -2.31. The highest BCUT2D eigenvalue weighted by Gasteiger charge is 2.43. The molecule has 0 radical (unpaired) electrons. The van der Waals surface area contributed by atoms with E-state index in [4.69, 9.17) is 4.74 Å². The fourth-order valence-corrected chi connectivity index (χ4v) is 5.25. The SMILES string of the molecule is Cc1ccc(C(=O)Oc2ccc(C3C4=C(CCCC4=O)NC4=C3C(=O)c3ccccc34)cc2)cc1. The lowest BCUT2D eigenvalue weighted by molar-refractivity contribution is -0.116. The number of Topliss-reactive ketones (excluding diaryl/α,β-unsaturated/α-hetero) is 2. The number of rotatable bonds is 3. The van der Waals surface area contributed by atoms with Crippen molar-refractivity contribution in [3.8, 4) is 5.75 Å². The molecule has 5 heteroatoms. The second-order valence-corrected chi connectivity index (χ2v) is 9.21. The summed E-state index contributed by atoms with van der Waals surface area (Å²) in [5, 5.41) is 3.44. The van der Waals surface area contributed by atoms with E-state index < -0.39 is 11.9 Å². The van der Waals surface area contributed by atoms with E-state index in [0.29, 0.717) is 34.4 Å². The van der Waals surface area contributed by atoms with Gasteiger partial charge in [0.05, 0.1) is 11.3 Å². The Hall–Kier alpha value is -4.25. The van der Waals surface area contributed by atoms with Crippen LogP contribution in [0.5, 0.6) is 5.75 Å². The van der Waals surface area contributed by atoms with Crippen molar-refractivity contribution in [3.05, 3.63) is 117 Å². The third kappa shape index (κ3) is 3.51. The summed E-state index contributed by atoms with van der Waals surface area (Å²) in [7, 11) is 0. The van der Waals surface area contributed by atoms with Gasteiger partial charge in [-0.1, -0.05) is 54.1 Å². The molecule has 1 atom stereocenters. The first-order chi connectivity index (χ1) is 17.0. The standard InChI is InChI=1S/C30H23NO4/c1-17-9-11-19(12-10-17)30(34)35-20-15-13-18(14-16-20)25-26-23(7-4-8-24(26)32)31-28-21-5-2-3-6-22(21)29(33)27(25)28/h2-3,5-6,9-16,25,31H,4,7-8H2,1H3. The first-order valence-corrected chi connectivity index (χ1v) is 11.8. The maximum absolute atomic E-state index is 13.5. The normalized spacial score (nSPS) is 18.6. The van der Waals surface area contributed by atoms with E-state index in [0.717, 1.165) is 40.9 Å². The van der Waals surface area contributed by atoms with E-state index in [-0.39, 0.29) is 11.6 Å². The molecule has 0 saturated heterocycles. The second kappa shape index (κ2) is 8.20. The van der Waals surface area contributed by atoms with E-state index in [1.165, 1.54) is 0 Å². The lowest BCUT2D eigenvalue weighted by atomic mass is 9.75. The number of fused-ring (bicyclic) bond motifs is 2. The van der Waals surface area contributed by atoms with Crippen LogP contribution in [-0.4, -0.2) is 17.5 Å². The van der Waals surface area contributed by atoms with Gasteiger partial charge in [0.25, 0.3) is 0 Å². The van der Waals surface area contributed by atoms with Crippen LogP contribution in [0.3, 0.4) is 0 Å². The zero-order chi connectivity index (χ0) is 24.1. The van der Waals surface area contributed by atoms with Gasteiger partial charge in [-0.2, -0.15) is 0 Å². The highest BCUT2D eigenvalue weighted by molar-refractivity contribution is 6.23. The van der Waals surface area contributed by atoms with Gasteiger partial charge in [0.1, 0.15) is 5.75 Å². The molecule has 2 aliphatic carbocycles. The molecular weight excluding hydrogens is 438 g/mol. The Morgan fingerprint density at radius 1 is 0.857 bits per heavy atom. The smallest absolute Gasteiger partial charge is 0.343 e. The summed E-state index contributed by atoms with van der Waals surface area (Å²) in [6, 6.07) is 21.9. The Morgan fingerprint density at radius 2 is 1.57 bits per heavy atom. The van der Waals surface area contributed by atoms with Crippen LogP contribution >= 0.6 is 0 Å². The molecule has 1 N–H and O–H groups in total. The van der Waals surface area contributed by atoms with E-state index in [1.54, 1.807) is 24.3 Å². The second-order valence-electron chi connectivity index (χ2n) is 9.21. The van der Waals surface area contributed by atoms with E-state index in [1.807, 2.05) is 55.5 Å². The third-order valence-electron chi connectivity index (χ3n) is 6.98. The molecule has 3 aliphatic rings. The number of hydrogen-bond donors (Lipinski definition) is 1. The number of carbonyl (C=O) groups is 3. The summed E-state index contributed by atoms with van der Waals surface area (Å²) in [6.07, 6.45) is 2.05. The van der Waals surface area contributed by atoms with Crippen LogP contribution in [0.25, 0.3) is 5.70 Å². The molecule has 1 aliphatic heterocycles. The minimum Gasteiger partial charge on any atom is -0.423 e. The van der Waals surface area contributed by atoms with E-state index in [9.17, 15) is 14.4 Å². The zero-order valence-corrected chi connectivity index (χ0v) is 19.3. The van der Waals surface area contributed by atoms with Crippen molar-refractivity contribution in [2.45, 2.75) is 32.1 Å². The largest absolute Gasteiger partial charge is 0.423 e. The van der Waals surface area contributed by atoms with Crippen LogP contribution in [0, 0.1) is 6.92 Å². The van der Waals surface area contributed by atoms with Crippen LogP contribution in [0.1, 0.15) is 62.6 Å². The number of allylic oxidation sites excluding steroid dienone is 3. The molecule has 1 heterocycles. The van der Waals surface area contributed by atoms with E-state index >= 15 is 0 Å². The van der Waals surface area contributed by atoms with Crippen molar-refractivity contribution in [2.75, 3.05) is 0 Å². The number of hydrogen-bond acceptors (Lipinski definition) is 5. The topological polar surface area (TPSA) is 72.5 Å². The minimum atomic E-state index is -0.448. The molecule has 0 bridgehead atoms. The Morgan fingerprint density at radius 3 is 2.31 bits per heavy atom. The van der Waals surface area contributed by atoms with Crippen molar-refractivity contribution in [1.29, 1.82) is 0 Å². The average molecular weight is 462 g/mol. The van der Waals surface area contributed by atoms with Gasteiger partial charge in [-0.05, 0) is 49.6 Å². The summed E-state index contributed by atoms with van der Waals surface area (Å²) in [5.41, 5.74) is 6.92. The number of ether oxygens (including phenoxy) is 1. The molecule has 5 nitrogen and oxygen atoms in total. The first kappa shape index (κ1) is 21.3. The van der Waals surface area contributed by atoms with Crippen LogP contribution in [0.2, 0.25) is 0 Å². The molecule has 172 valence electrons. The van der Waals surface area contributed by atoms with Crippen molar-refractivity contribution in [2.24, 2.45) is 0 Å². The zero-order valence-electron chi connectivity index (χ0n) is 19.3. The molecule has 1 unspecified atom stereocenters. The number of esters is 1. The van der Waals surface area contributed by atoms with Crippen LogP contribution in [0.4, 0.5) is 0 Å². The van der Waals surface area contributed by atoms with Crippen LogP contribution in [0.15, 0.2) is 89.6 Å². The number of carbonyl (C=O) groups excluding carboxylic acids is 3. The Labute approximate surface area is 203 Å². The van der Waals surface area contributed by atoms with E-state index in [2.05, 4.69) is 5.32 Å². The fraction of sp³-hybridized carbons (Fsp3) is 0.167. The fourth-order valence-electron chi connectivity index (χ4n) is 5.25. The monoisotopic (exact) mass is 461 g/mol. The molecular formula is C30H23NO4. The highest BCUT2D eigenvalue weighted by Crippen LogP contribution is 2.48. The summed E-state index contributed by atoms with van der Waals surface area (Å²) in [4.78, 5) is 39.1. The van der Waals surface area contributed by atoms with Crippen LogP contribution < -0.4 is 10.1 Å². The molecule has 3 aromatic carbocycles. The van der Waals surface area contributed by atoms with Crippen molar-refractivity contribution in [1.82, 2.24) is 5.32 Å². The first-order valence-electron chi connectivity index (χ1n) is 11.8.